The smallest absolute Gasteiger partial charge is 0.549 e. The summed E-state index contributed by atoms with van der Waals surface area (Å²) in [6, 6.07) is 31.0. The third kappa shape index (κ3) is 6.90. The first-order valence-electron chi connectivity index (χ1n) is 13.7. The van der Waals surface area contributed by atoms with Gasteiger partial charge in [-0.2, -0.15) is 0 Å². The van der Waals surface area contributed by atoms with Crippen LogP contribution in [0.3, 0.4) is 0 Å². The van der Waals surface area contributed by atoms with Gasteiger partial charge in [0.15, 0.2) is 11.5 Å². The molecule has 0 amide bonds. The van der Waals surface area contributed by atoms with Gasteiger partial charge < -0.3 is 14.8 Å². The van der Waals surface area contributed by atoms with E-state index < -0.39 is 27.8 Å². The summed E-state index contributed by atoms with van der Waals surface area (Å²) in [6.45, 7) is 1.89. The fourth-order valence-corrected chi connectivity index (χ4v) is 5.71. The molecule has 42 heavy (non-hydrogen) atoms. The van der Waals surface area contributed by atoms with Crippen LogP contribution < -0.4 is 39.6 Å². The van der Waals surface area contributed by atoms with Crippen molar-refractivity contribution in [1.82, 2.24) is 4.90 Å². The number of carbonyl (C=O) groups excluding carboxylic acids is 1. The number of piperidine rings is 1. The molecule has 5 rings (SSSR count). The van der Waals surface area contributed by atoms with Crippen LogP contribution in [0.2, 0.25) is 0 Å². The van der Waals surface area contributed by atoms with Crippen molar-refractivity contribution in [3.63, 3.8) is 0 Å². The third-order valence-electron chi connectivity index (χ3n) is 7.91. The van der Waals surface area contributed by atoms with Crippen LogP contribution in [0.1, 0.15) is 35.1 Å². The van der Waals surface area contributed by atoms with Crippen molar-refractivity contribution in [2.24, 2.45) is 0 Å². The minimum Gasteiger partial charge on any atom is -0.549 e. The van der Waals surface area contributed by atoms with Gasteiger partial charge in [-0.25, -0.2) is 4.39 Å². The number of nitro benzene ring substituents is 1. The number of hydrogen-bond acceptors (Lipinski definition) is 6. The summed E-state index contributed by atoms with van der Waals surface area (Å²) in [5.74, 6) is -2.25. The quantitative estimate of drug-likeness (QED) is 0.164. The summed E-state index contributed by atoms with van der Waals surface area (Å²) < 4.78 is 16.7. The molecule has 7 nitrogen and oxygen atoms in total. The van der Waals surface area contributed by atoms with Crippen LogP contribution in [0, 0.1) is 15.9 Å². The number of carboxylic acids is 1. The standard InChI is InChI=1S/C33H32FN3O4.Na/c34-30-28(33(32(38)39)18-20-35(21-19-33)22-25-10-4-1-5-11-25)16-17-29(37(40)41)31(30)36(23-26-12-6-2-7-13-26)24-27-14-8-3-9-15-27;/h1-17H,18-24H2,(H,38,39);/q;+1/p-1. The molecule has 4 aromatic rings. The zero-order valence-electron chi connectivity index (χ0n) is 23.6. The maximum Gasteiger partial charge on any atom is 1.00 e. The number of anilines is 1. The molecule has 0 aliphatic carbocycles. The summed E-state index contributed by atoms with van der Waals surface area (Å²) in [5, 5.41) is 24.9. The maximum absolute atomic E-state index is 16.7. The van der Waals surface area contributed by atoms with Gasteiger partial charge in [0, 0.05) is 36.7 Å². The van der Waals surface area contributed by atoms with Gasteiger partial charge in [0.25, 0.3) is 5.69 Å². The Morgan fingerprint density at radius 3 is 1.74 bits per heavy atom. The van der Waals surface area contributed by atoms with Crippen LogP contribution in [0.25, 0.3) is 0 Å². The van der Waals surface area contributed by atoms with E-state index in [9.17, 15) is 20.0 Å². The van der Waals surface area contributed by atoms with Crippen molar-refractivity contribution in [1.29, 1.82) is 0 Å². The number of halogens is 1. The van der Waals surface area contributed by atoms with Gasteiger partial charge >= 0.3 is 29.6 Å². The molecular weight excluding hydrogens is 544 g/mol. The normalized spacial score (nSPS) is 14.5. The van der Waals surface area contributed by atoms with Gasteiger partial charge in [-0.1, -0.05) is 91.0 Å². The molecule has 0 atom stereocenters. The molecule has 0 spiro atoms. The van der Waals surface area contributed by atoms with Crippen molar-refractivity contribution >= 4 is 17.3 Å². The van der Waals surface area contributed by atoms with E-state index in [-0.39, 0.29) is 66.7 Å². The summed E-state index contributed by atoms with van der Waals surface area (Å²) in [6.07, 6.45) is 0.265. The number of nitrogens with zero attached hydrogens (tertiary/aromatic N) is 3. The Labute approximate surface area is 267 Å². The van der Waals surface area contributed by atoms with Gasteiger partial charge in [0.1, 0.15) is 0 Å². The van der Waals surface area contributed by atoms with Crippen molar-refractivity contribution in [2.75, 3.05) is 18.0 Å². The second-order valence-electron chi connectivity index (χ2n) is 10.5. The Balaban J connectivity index is 0.00000405. The van der Waals surface area contributed by atoms with Gasteiger partial charge in [0.05, 0.1) is 10.9 Å². The fourth-order valence-electron chi connectivity index (χ4n) is 5.71. The van der Waals surface area contributed by atoms with Crippen LogP contribution >= 0.6 is 0 Å². The minimum absolute atomic E-state index is 0. The van der Waals surface area contributed by atoms with E-state index in [1.165, 1.54) is 12.1 Å². The number of benzene rings is 4. The molecule has 1 saturated heterocycles. The first-order valence-corrected chi connectivity index (χ1v) is 13.7. The van der Waals surface area contributed by atoms with Crippen molar-refractivity contribution in [3.05, 3.63) is 141 Å². The Hall–Kier alpha value is -3.56. The predicted octanol–water partition coefficient (Wildman–Crippen LogP) is 2.23. The fraction of sp³-hybridized carbons (Fsp3) is 0.242. The molecule has 210 valence electrons. The molecule has 4 aromatic carbocycles. The van der Waals surface area contributed by atoms with E-state index >= 15 is 4.39 Å². The second kappa shape index (κ2) is 14.1. The van der Waals surface area contributed by atoms with Crippen LogP contribution in [-0.2, 0) is 29.8 Å². The molecule has 1 heterocycles. The predicted molar refractivity (Wildman–Crippen MR) is 153 cm³/mol. The molecule has 0 unspecified atom stereocenters. The van der Waals surface area contributed by atoms with E-state index in [0.29, 0.717) is 19.6 Å². The number of nitro groups is 1. The zero-order chi connectivity index (χ0) is 28.8. The molecule has 0 N–H and O–H groups in total. The second-order valence-corrected chi connectivity index (χ2v) is 10.5. The molecule has 0 saturated carbocycles. The summed E-state index contributed by atoms with van der Waals surface area (Å²) in [5.41, 5.74) is 0.489. The van der Waals surface area contributed by atoms with E-state index in [1.807, 2.05) is 91.0 Å². The monoisotopic (exact) mass is 575 g/mol. The van der Waals surface area contributed by atoms with E-state index in [4.69, 9.17) is 0 Å². The first kappa shape index (κ1) is 31.4. The molecule has 1 aliphatic heterocycles. The summed E-state index contributed by atoms with van der Waals surface area (Å²) in [4.78, 5) is 28.1. The molecule has 1 fully saturated rings. The van der Waals surface area contributed by atoms with Crippen LogP contribution in [0.5, 0.6) is 0 Å². The number of likely N-dealkylation sites (tertiary alicyclic amines) is 1. The Bertz CT molecular complexity index is 1460. The van der Waals surface area contributed by atoms with Gasteiger partial charge in [0.2, 0.25) is 0 Å². The van der Waals surface area contributed by atoms with Gasteiger partial charge in [-0.15, -0.1) is 0 Å². The molecular formula is C33H31FN3NaO4. The third-order valence-corrected chi connectivity index (χ3v) is 7.91. The Morgan fingerprint density at radius 1 is 0.810 bits per heavy atom. The number of carboxylic acid groups (broad SMARTS) is 1. The summed E-state index contributed by atoms with van der Waals surface area (Å²) >= 11 is 0. The van der Waals surface area contributed by atoms with Crippen LogP contribution in [-0.4, -0.2) is 28.9 Å². The van der Waals surface area contributed by atoms with E-state index in [0.717, 1.165) is 16.7 Å². The number of aliphatic carboxylic acids is 1. The first-order chi connectivity index (χ1) is 19.9. The van der Waals surface area contributed by atoms with E-state index in [1.54, 1.807) is 4.90 Å². The van der Waals surface area contributed by atoms with Crippen molar-refractivity contribution in [3.8, 4) is 0 Å². The largest absolute Gasteiger partial charge is 1.00 e. The molecule has 9 heteroatoms. The Kier molecular flexibility index (Phi) is 10.5. The number of carbonyl (C=O) groups is 1. The summed E-state index contributed by atoms with van der Waals surface area (Å²) in [7, 11) is 0. The molecule has 0 aromatic heterocycles. The number of hydrogen-bond donors (Lipinski definition) is 0. The average molecular weight is 576 g/mol. The van der Waals surface area contributed by atoms with Crippen LogP contribution in [0.4, 0.5) is 15.8 Å². The van der Waals surface area contributed by atoms with Gasteiger partial charge in [-0.3, -0.25) is 15.0 Å². The maximum atomic E-state index is 16.7. The average Bonchev–Trinajstić information content (AvgIpc) is 2.99. The molecule has 0 radical (unpaired) electrons. The zero-order valence-corrected chi connectivity index (χ0v) is 25.6. The minimum atomic E-state index is -1.60. The van der Waals surface area contributed by atoms with Crippen molar-refractivity contribution < 1.29 is 48.8 Å². The SMILES string of the molecule is O=C([O-])C1(c2ccc([N+](=O)[O-])c(N(Cc3ccccc3)Cc3ccccc3)c2F)CCN(Cc2ccccc2)CC1.[Na+]. The Morgan fingerprint density at radius 2 is 1.29 bits per heavy atom. The van der Waals surface area contributed by atoms with E-state index in [2.05, 4.69) is 4.90 Å². The molecule has 1 aliphatic rings. The number of rotatable bonds is 10. The molecule has 0 bridgehead atoms. The van der Waals surface area contributed by atoms with Crippen molar-refractivity contribution in [2.45, 2.75) is 37.9 Å². The topological polar surface area (TPSA) is 89.7 Å². The van der Waals surface area contributed by atoms with Gasteiger partial charge in [-0.05, 0) is 48.7 Å². The van der Waals surface area contributed by atoms with Crippen LogP contribution in [0.15, 0.2) is 103 Å².